The van der Waals surface area contributed by atoms with Crippen molar-refractivity contribution in [2.45, 2.75) is 13.8 Å². The molecule has 166 valence electrons. The van der Waals surface area contributed by atoms with Gasteiger partial charge in [-0.05, 0) is 19.4 Å². The van der Waals surface area contributed by atoms with Crippen LogP contribution in [0.1, 0.15) is 13.8 Å². The van der Waals surface area contributed by atoms with E-state index in [0.29, 0.717) is 0 Å². The number of carbonyl (C=O) groups is 1. The molecule has 0 saturated carbocycles. The Labute approximate surface area is 204 Å². The molecule has 0 saturated heterocycles. The summed E-state index contributed by atoms with van der Waals surface area (Å²) in [4.78, 5) is 18.4. The fraction of sp³-hybridized carbons (Fsp3) is 0.0741. The van der Waals surface area contributed by atoms with Crippen molar-refractivity contribution in [1.29, 1.82) is 0 Å². The van der Waals surface area contributed by atoms with Gasteiger partial charge in [-0.1, -0.05) is 67.2 Å². The van der Waals surface area contributed by atoms with Crippen molar-refractivity contribution < 1.29 is 31.0 Å². The number of benzene rings is 3. The predicted octanol–water partition coefficient (Wildman–Crippen LogP) is 6.56. The molecule has 0 aliphatic carbocycles. The van der Waals surface area contributed by atoms with Crippen LogP contribution in [0.5, 0.6) is 0 Å². The summed E-state index contributed by atoms with van der Waals surface area (Å²) < 4.78 is 0. The van der Waals surface area contributed by atoms with E-state index in [0.717, 1.165) is 40.1 Å². The molecule has 0 radical (unpaired) electrons. The predicted molar refractivity (Wildman–Crippen MR) is 126 cm³/mol. The number of aldehydes is 1. The molecule has 1 heterocycles. The topological polar surface area (TPSA) is 63.1 Å². The van der Waals surface area contributed by atoms with E-state index in [9.17, 15) is 0 Å². The Morgan fingerprint density at radius 3 is 1.91 bits per heavy atom. The number of hydrogen-bond donors (Lipinski definition) is 1. The molecule has 3 aromatic carbocycles. The number of aliphatic hydroxyl groups excluding tert-OH is 1. The Kier molecular flexibility index (Phi) is 12.2. The van der Waals surface area contributed by atoms with Crippen molar-refractivity contribution in [1.82, 2.24) is 9.97 Å². The molecule has 0 fully saturated rings. The number of aliphatic hydroxyl groups is 1. The zero-order valence-corrected chi connectivity index (χ0v) is 20.3. The van der Waals surface area contributed by atoms with Crippen LogP contribution in [0.15, 0.2) is 103 Å². The molecule has 0 aliphatic heterocycles. The van der Waals surface area contributed by atoms with Crippen LogP contribution in [0.2, 0.25) is 0 Å². The van der Waals surface area contributed by atoms with E-state index in [2.05, 4.69) is 24.8 Å². The first-order valence-electron chi connectivity index (χ1n) is 9.76. The van der Waals surface area contributed by atoms with E-state index in [1.807, 2.05) is 79.0 Å². The van der Waals surface area contributed by atoms with Gasteiger partial charge < -0.3 is 14.9 Å². The molecule has 0 unspecified atom stereocenters. The van der Waals surface area contributed by atoms with Gasteiger partial charge in [-0.3, -0.25) is 4.98 Å². The summed E-state index contributed by atoms with van der Waals surface area (Å²) in [7, 11) is 0. The van der Waals surface area contributed by atoms with Crippen molar-refractivity contribution in [2.75, 3.05) is 0 Å². The zero-order valence-electron chi connectivity index (χ0n) is 18.0. The van der Waals surface area contributed by atoms with Crippen LogP contribution >= 0.6 is 0 Å². The minimum Gasteiger partial charge on any atom is -0.513 e. The summed E-state index contributed by atoms with van der Waals surface area (Å²) >= 11 is 0. The van der Waals surface area contributed by atoms with E-state index in [-0.39, 0.29) is 26.8 Å². The molecule has 1 aromatic heterocycles. The van der Waals surface area contributed by atoms with E-state index in [1.54, 1.807) is 0 Å². The maximum atomic E-state index is 8.81. The number of allylic oxidation sites excluding steroid dienone is 1. The number of carbonyl (C=O) groups excluding carboxylic acids is 1. The van der Waals surface area contributed by atoms with Gasteiger partial charge in [0.05, 0.1) is 17.1 Å². The van der Waals surface area contributed by atoms with E-state index >= 15 is 0 Å². The van der Waals surface area contributed by atoms with Crippen LogP contribution in [0, 0.1) is 6.07 Å². The van der Waals surface area contributed by atoms with Crippen LogP contribution in [-0.2, 0) is 25.9 Å². The molecule has 0 amide bonds. The van der Waals surface area contributed by atoms with Crippen molar-refractivity contribution in [3.8, 4) is 33.8 Å². The Bertz CT molecular complexity index is 1080. The Morgan fingerprint density at radius 1 is 0.906 bits per heavy atom. The van der Waals surface area contributed by atoms with Crippen molar-refractivity contribution in [3.05, 3.63) is 110 Å². The first-order valence-corrected chi connectivity index (χ1v) is 9.76. The van der Waals surface area contributed by atoms with Crippen LogP contribution < -0.4 is 0 Å². The quantitative estimate of drug-likeness (QED) is 0.164. The largest absolute Gasteiger partial charge is 0.513 e. The third kappa shape index (κ3) is 8.41. The number of rotatable bonds is 3. The molecular formula is C27H25N2O2Pt-. The second-order valence-electron chi connectivity index (χ2n) is 6.43. The van der Waals surface area contributed by atoms with E-state index in [4.69, 9.17) is 19.9 Å². The molecule has 0 atom stereocenters. The first-order chi connectivity index (χ1) is 15.1. The summed E-state index contributed by atoms with van der Waals surface area (Å²) in [6.45, 7) is 6.08. The summed E-state index contributed by atoms with van der Waals surface area (Å²) in [5.41, 5.74) is 5.65. The Morgan fingerprint density at radius 2 is 1.41 bits per heavy atom. The second kappa shape index (κ2) is 14.6. The molecule has 4 nitrogen and oxygen atoms in total. The zero-order chi connectivity index (χ0) is 22.5. The first kappa shape index (κ1) is 26.7. The minimum absolute atomic E-state index is 0. The van der Waals surface area contributed by atoms with Gasteiger partial charge in [0.25, 0.3) is 0 Å². The molecule has 32 heavy (non-hydrogen) atoms. The number of aromatic nitrogens is 2. The monoisotopic (exact) mass is 604 g/mol. The van der Waals surface area contributed by atoms with Gasteiger partial charge in [-0.25, -0.2) is 0 Å². The van der Waals surface area contributed by atoms with Gasteiger partial charge >= 0.3 is 0 Å². The van der Waals surface area contributed by atoms with E-state index in [1.165, 1.54) is 13.8 Å². The maximum Gasteiger partial charge on any atom is 0.116 e. The van der Waals surface area contributed by atoms with Crippen molar-refractivity contribution in [3.63, 3.8) is 0 Å². The third-order valence-electron chi connectivity index (χ3n) is 3.85. The average molecular weight is 605 g/mol. The molecule has 1 N–H and O–H groups in total. The van der Waals surface area contributed by atoms with Gasteiger partial charge in [-0.2, -0.15) is 0 Å². The van der Waals surface area contributed by atoms with Crippen LogP contribution in [0.3, 0.4) is 0 Å². The number of hydrogen-bond acceptors (Lipinski definition) is 4. The fourth-order valence-electron chi connectivity index (χ4n) is 2.67. The normalized spacial score (nSPS) is 9.06. The summed E-state index contributed by atoms with van der Waals surface area (Å²) in [6, 6.07) is 31.4. The SMILES string of the molecule is C=C(C)O.CC=O.[Pt].[c-]1ccccc1-c1ncc(-c2ccccc2)nc1-c1ccccc1. The van der Waals surface area contributed by atoms with Gasteiger partial charge in [0.1, 0.15) is 6.29 Å². The maximum absolute atomic E-state index is 8.81. The van der Waals surface area contributed by atoms with Crippen LogP contribution in [-0.4, -0.2) is 21.4 Å². The smallest absolute Gasteiger partial charge is 0.116 e. The molecule has 0 spiro atoms. The Balaban J connectivity index is 0.000000568. The average Bonchev–Trinajstić information content (AvgIpc) is 2.81. The molecule has 0 bridgehead atoms. The number of nitrogens with zero attached hydrogens (tertiary/aromatic N) is 2. The van der Waals surface area contributed by atoms with Gasteiger partial charge in [0, 0.05) is 38.5 Å². The van der Waals surface area contributed by atoms with E-state index < -0.39 is 0 Å². The molecule has 5 heteroatoms. The standard InChI is InChI=1S/C22H15N2.C3H6O.C2H4O.Pt/c1-4-10-17(11-5-1)20-16-23-21(18-12-6-2-7-13-18)22(24-20)19-14-8-3-9-15-19;1-3(2)4;1-2-3;/h1-12,14-16H;4H,1H2,2H3;2H,1H3;/q-1;;;. The van der Waals surface area contributed by atoms with Crippen LogP contribution in [0.4, 0.5) is 0 Å². The Hall–Kier alpha value is -3.36. The van der Waals surface area contributed by atoms with Gasteiger partial charge in [0.15, 0.2) is 0 Å². The fourth-order valence-corrected chi connectivity index (χ4v) is 2.67. The van der Waals surface area contributed by atoms with Crippen LogP contribution in [0.25, 0.3) is 33.8 Å². The molecule has 4 rings (SSSR count). The minimum atomic E-state index is 0. The van der Waals surface area contributed by atoms with Crippen molar-refractivity contribution in [2.24, 2.45) is 0 Å². The van der Waals surface area contributed by atoms with Gasteiger partial charge in [-0.15, -0.1) is 35.9 Å². The summed E-state index contributed by atoms with van der Waals surface area (Å²) in [6.07, 6.45) is 2.58. The van der Waals surface area contributed by atoms with Crippen molar-refractivity contribution >= 4 is 6.29 Å². The molecule has 4 aromatic rings. The van der Waals surface area contributed by atoms with Gasteiger partial charge in [0.2, 0.25) is 0 Å². The summed E-state index contributed by atoms with van der Waals surface area (Å²) in [5.74, 6) is 0.167. The summed E-state index contributed by atoms with van der Waals surface area (Å²) in [5, 5.41) is 7.86. The second-order valence-corrected chi connectivity index (χ2v) is 6.43. The third-order valence-corrected chi connectivity index (χ3v) is 3.85. The molecule has 0 aliphatic rings. The molecular weight excluding hydrogens is 579 g/mol.